The minimum absolute atomic E-state index is 0.111. The van der Waals surface area contributed by atoms with E-state index < -0.39 is 0 Å². The largest absolute Gasteiger partial charge is 0.493 e. The molecule has 6 nitrogen and oxygen atoms in total. The van der Waals surface area contributed by atoms with Crippen molar-refractivity contribution in [2.45, 2.75) is 26.3 Å². The molecule has 0 unspecified atom stereocenters. The minimum atomic E-state index is -0.243. The molecule has 6 heteroatoms. The Hall–Kier alpha value is -2.76. The number of methoxy groups -OCH3 is 2. The number of carbonyl (C=O) groups excluding carboxylic acids is 1. The average molecular weight is 329 g/mol. The number of hydrogen-bond acceptors (Lipinski definition) is 5. The van der Waals surface area contributed by atoms with E-state index in [1.54, 1.807) is 44.7 Å². The molecular formula is C18H23N3O3. The Morgan fingerprint density at radius 1 is 1.00 bits per heavy atom. The quantitative estimate of drug-likeness (QED) is 0.877. The molecule has 0 saturated heterocycles. The molecule has 0 radical (unpaired) electrons. The number of rotatable bonds is 5. The molecule has 0 saturated carbocycles. The first-order valence-electron chi connectivity index (χ1n) is 7.59. The van der Waals surface area contributed by atoms with Crippen LogP contribution in [0.4, 0.5) is 11.4 Å². The Morgan fingerprint density at radius 3 is 2.33 bits per heavy atom. The van der Waals surface area contributed by atoms with Crippen LogP contribution in [0.3, 0.4) is 0 Å². The third-order valence-corrected chi connectivity index (χ3v) is 3.16. The summed E-state index contributed by atoms with van der Waals surface area (Å²) in [5, 5.41) is 6.13. The molecular weight excluding hydrogens is 306 g/mol. The van der Waals surface area contributed by atoms with Crippen LogP contribution >= 0.6 is 0 Å². The number of ether oxygens (including phenoxy) is 2. The Bertz CT molecular complexity index is 724. The van der Waals surface area contributed by atoms with Gasteiger partial charge in [-0.3, -0.25) is 9.78 Å². The predicted molar refractivity (Wildman–Crippen MR) is 95.1 cm³/mol. The third kappa shape index (κ3) is 4.62. The molecule has 0 spiro atoms. The van der Waals surface area contributed by atoms with Gasteiger partial charge in [-0.05, 0) is 39.0 Å². The van der Waals surface area contributed by atoms with E-state index in [1.165, 1.54) is 6.20 Å². The topological polar surface area (TPSA) is 72.5 Å². The highest BCUT2D eigenvalue weighted by Gasteiger charge is 2.13. The molecule has 0 aliphatic rings. The van der Waals surface area contributed by atoms with E-state index in [0.717, 1.165) is 5.69 Å². The van der Waals surface area contributed by atoms with Gasteiger partial charge in [0.1, 0.15) is 0 Å². The normalized spacial score (nSPS) is 10.9. The van der Waals surface area contributed by atoms with Gasteiger partial charge in [-0.2, -0.15) is 0 Å². The summed E-state index contributed by atoms with van der Waals surface area (Å²) in [5.41, 5.74) is 1.77. The number of nitrogens with zero attached hydrogens (tertiary/aromatic N) is 1. The van der Waals surface area contributed by atoms with Gasteiger partial charge in [0.25, 0.3) is 5.91 Å². The first-order valence-corrected chi connectivity index (χ1v) is 7.59. The fourth-order valence-electron chi connectivity index (χ4n) is 2.18. The number of hydrogen-bond donors (Lipinski definition) is 2. The van der Waals surface area contributed by atoms with E-state index >= 15 is 0 Å². The standard InChI is InChI=1S/C18H23N3O3/c1-18(2,3)21-14-8-12(10-19-11-14)17(22)20-13-6-7-15(23-4)16(9-13)24-5/h6-11,21H,1-5H3,(H,20,22). The number of pyridine rings is 1. The first kappa shape index (κ1) is 17.6. The molecule has 0 aliphatic heterocycles. The van der Waals surface area contributed by atoms with Crippen molar-refractivity contribution in [3.8, 4) is 11.5 Å². The summed E-state index contributed by atoms with van der Waals surface area (Å²) in [6.07, 6.45) is 3.22. The van der Waals surface area contributed by atoms with Gasteiger partial charge >= 0.3 is 0 Å². The molecule has 0 fully saturated rings. The fourth-order valence-corrected chi connectivity index (χ4v) is 2.18. The lowest BCUT2D eigenvalue weighted by Crippen LogP contribution is -2.26. The number of anilines is 2. The lowest BCUT2D eigenvalue weighted by molar-refractivity contribution is 0.102. The SMILES string of the molecule is COc1ccc(NC(=O)c2cncc(NC(C)(C)C)c2)cc1OC. The predicted octanol–water partition coefficient (Wildman–Crippen LogP) is 3.56. The second-order valence-electron chi connectivity index (χ2n) is 6.36. The second kappa shape index (κ2) is 7.21. The first-order chi connectivity index (χ1) is 11.3. The Balaban J connectivity index is 2.17. The van der Waals surface area contributed by atoms with Crippen LogP contribution in [0.15, 0.2) is 36.7 Å². The molecule has 2 N–H and O–H groups in total. The van der Waals surface area contributed by atoms with Gasteiger partial charge in [0.15, 0.2) is 11.5 Å². The maximum atomic E-state index is 12.4. The average Bonchev–Trinajstić information content (AvgIpc) is 2.53. The van der Waals surface area contributed by atoms with Crippen molar-refractivity contribution in [2.75, 3.05) is 24.9 Å². The van der Waals surface area contributed by atoms with Gasteiger partial charge in [0.05, 0.1) is 25.5 Å². The molecule has 1 aromatic carbocycles. The zero-order valence-electron chi connectivity index (χ0n) is 14.6. The lowest BCUT2D eigenvalue weighted by Gasteiger charge is -2.22. The zero-order chi connectivity index (χ0) is 17.7. The van der Waals surface area contributed by atoms with Crippen molar-refractivity contribution in [3.63, 3.8) is 0 Å². The maximum absolute atomic E-state index is 12.4. The zero-order valence-corrected chi connectivity index (χ0v) is 14.6. The van der Waals surface area contributed by atoms with Crippen LogP contribution < -0.4 is 20.1 Å². The summed E-state index contributed by atoms with van der Waals surface area (Å²) in [5.74, 6) is 0.914. The van der Waals surface area contributed by atoms with Crippen molar-refractivity contribution in [2.24, 2.45) is 0 Å². The number of benzene rings is 1. The Morgan fingerprint density at radius 2 is 1.71 bits per heavy atom. The van der Waals surface area contributed by atoms with Crippen molar-refractivity contribution in [1.29, 1.82) is 0 Å². The van der Waals surface area contributed by atoms with Crippen molar-refractivity contribution in [3.05, 3.63) is 42.2 Å². The molecule has 0 aliphatic carbocycles. The smallest absolute Gasteiger partial charge is 0.257 e. The van der Waals surface area contributed by atoms with Gasteiger partial charge in [-0.15, -0.1) is 0 Å². The third-order valence-electron chi connectivity index (χ3n) is 3.16. The monoisotopic (exact) mass is 329 g/mol. The lowest BCUT2D eigenvalue weighted by atomic mass is 10.1. The molecule has 0 bridgehead atoms. The van der Waals surface area contributed by atoms with Crippen LogP contribution in [-0.4, -0.2) is 30.6 Å². The van der Waals surface area contributed by atoms with Gasteiger partial charge < -0.3 is 20.1 Å². The Kier molecular flexibility index (Phi) is 5.28. The summed E-state index contributed by atoms with van der Waals surface area (Å²) in [6.45, 7) is 6.14. The summed E-state index contributed by atoms with van der Waals surface area (Å²) in [4.78, 5) is 16.6. The molecule has 1 amide bonds. The second-order valence-corrected chi connectivity index (χ2v) is 6.36. The van der Waals surface area contributed by atoms with Crippen LogP contribution in [0.25, 0.3) is 0 Å². The van der Waals surface area contributed by atoms with Gasteiger partial charge in [0, 0.05) is 29.7 Å². The van der Waals surface area contributed by atoms with E-state index in [1.807, 2.05) is 20.8 Å². The van der Waals surface area contributed by atoms with Crippen LogP contribution in [0.5, 0.6) is 11.5 Å². The fraction of sp³-hybridized carbons (Fsp3) is 0.333. The van der Waals surface area contributed by atoms with Crippen LogP contribution in [0.1, 0.15) is 31.1 Å². The minimum Gasteiger partial charge on any atom is -0.493 e. The van der Waals surface area contributed by atoms with E-state index in [-0.39, 0.29) is 11.4 Å². The van der Waals surface area contributed by atoms with Gasteiger partial charge in [-0.25, -0.2) is 0 Å². The summed E-state index contributed by atoms with van der Waals surface area (Å²) < 4.78 is 10.4. The molecule has 1 aromatic heterocycles. The van der Waals surface area contributed by atoms with Crippen LogP contribution in [-0.2, 0) is 0 Å². The molecule has 128 valence electrons. The number of carbonyl (C=O) groups is 1. The summed E-state index contributed by atoms with van der Waals surface area (Å²) in [7, 11) is 3.12. The maximum Gasteiger partial charge on any atom is 0.257 e. The van der Waals surface area contributed by atoms with Crippen molar-refractivity contribution >= 4 is 17.3 Å². The number of nitrogens with one attached hydrogen (secondary N) is 2. The van der Waals surface area contributed by atoms with Gasteiger partial charge in [0.2, 0.25) is 0 Å². The summed E-state index contributed by atoms with van der Waals surface area (Å²) in [6, 6.07) is 6.98. The van der Waals surface area contributed by atoms with E-state index in [4.69, 9.17) is 9.47 Å². The van der Waals surface area contributed by atoms with Crippen molar-refractivity contribution in [1.82, 2.24) is 4.98 Å². The molecule has 0 atom stereocenters. The molecule has 1 heterocycles. The summed E-state index contributed by atoms with van der Waals surface area (Å²) >= 11 is 0. The van der Waals surface area contributed by atoms with Gasteiger partial charge in [-0.1, -0.05) is 0 Å². The highest BCUT2D eigenvalue weighted by atomic mass is 16.5. The number of amides is 1. The Labute approximate surface area is 142 Å². The van der Waals surface area contributed by atoms with E-state index in [2.05, 4.69) is 15.6 Å². The van der Waals surface area contributed by atoms with Crippen LogP contribution in [0, 0.1) is 0 Å². The van der Waals surface area contributed by atoms with E-state index in [0.29, 0.717) is 22.7 Å². The molecule has 2 aromatic rings. The molecule has 24 heavy (non-hydrogen) atoms. The highest BCUT2D eigenvalue weighted by molar-refractivity contribution is 6.04. The van der Waals surface area contributed by atoms with Crippen molar-refractivity contribution < 1.29 is 14.3 Å². The number of aromatic nitrogens is 1. The highest BCUT2D eigenvalue weighted by Crippen LogP contribution is 2.30. The van der Waals surface area contributed by atoms with Crippen LogP contribution in [0.2, 0.25) is 0 Å². The molecule has 2 rings (SSSR count). The van der Waals surface area contributed by atoms with E-state index in [9.17, 15) is 4.79 Å².